The van der Waals surface area contributed by atoms with E-state index in [1.54, 1.807) is 36.6 Å². The van der Waals surface area contributed by atoms with Crippen LogP contribution in [0.3, 0.4) is 0 Å². The van der Waals surface area contributed by atoms with Crippen molar-refractivity contribution in [2.45, 2.75) is 39.7 Å². The molecule has 0 spiro atoms. The van der Waals surface area contributed by atoms with Crippen LogP contribution in [0.25, 0.3) is 0 Å². The summed E-state index contributed by atoms with van der Waals surface area (Å²) in [7, 11) is 1.70. The standard InChI is InChI=1S/C17H23N5O2/c1-11(2)7-13-9-15(21-17(24)20-13)16(23)22(4)12(3)8-14-10-18-5-6-19-14/h5-6,9-12H,7-8H2,1-4H3,(H,20,21,24)/t12-/m0/s1. The van der Waals surface area contributed by atoms with Crippen LogP contribution in [0.15, 0.2) is 29.5 Å². The summed E-state index contributed by atoms with van der Waals surface area (Å²) >= 11 is 0. The average Bonchev–Trinajstić information content (AvgIpc) is 2.53. The zero-order valence-corrected chi connectivity index (χ0v) is 14.5. The summed E-state index contributed by atoms with van der Waals surface area (Å²) in [4.78, 5) is 40.7. The largest absolute Gasteiger partial charge is 0.345 e. The summed E-state index contributed by atoms with van der Waals surface area (Å²) < 4.78 is 0. The van der Waals surface area contributed by atoms with Crippen molar-refractivity contribution in [2.24, 2.45) is 5.92 Å². The maximum Gasteiger partial charge on any atom is 0.345 e. The lowest BCUT2D eigenvalue weighted by molar-refractivity contribution is 0.0736. The number of H-pyrrole nitrogens is 1. The van der Waals surface area contributed by atoms with E-state index in [-0.39, 0.29) is 17.6 Å². The number of carbonyl (C=O) groups is 1. The summed E-state index contributed by atoms with van der Waals surface area (Å²) in [5.41, 5.74) is 1.21. The summed E-state index contributed by atoms with van der Waals surface area (Å²) in [6.45, 7) is 6.03. The lowest BCUT2D eigenvalue weighted by atomic mass is 10.1. The quantitative estimate of drug-likeness (QED) is 0.866. The third kappa shape index (κ3) is 4.71. The van der Waals surface area contributed by atoms with E-state index in [1.165, 1.54) is 0 Å². The zero-order chi connectivity index (χ0) is 17.7. The van der Waals surface area contributed by atoms with Gasteiger partial charge in [0.05, 0.1) is 5.69 Å². The molecule has 0 unspecified atom stereocenters. The summed E-state index contributed by atoms with van der Waals surface area (Å²) in [5, 5.41) is 0. The molecular weight excluding hydrogens is 306 g/mol. The van der Waals surface area contributed by atoms with Gasteiger partial charge in [0, 0.05) is 43.8 Å². The third-order valence-electron chi connectivity index (χ3n) is 3.75. The molecule has 0 aliphatic carbocycles. The Morgan fingerprint density at radius 1 is 1.25 bits per heavy atom. The molecular formula is C17H23N5O2. The van der Waals surface area contributed by atoms with Crippen molar-refractivity contribution in [1.82, 2.24) is 24.8 Å². The van der Waals surface area contributed by atoms with Gasteiger partial charge in [-0.3, -0.25) is 14.8 Å². The maximum atomic E-state index is 12.6. The molecule has 1 amide bonds. The van der Waals surface area contributed by atoms with Gasteiger partial charge in [-0.25, -0.2) is 4.79 Å². The molecule has 0 radical (unpaired) electrons. The van der Waals surface area contributed by atoms with Gasteiger partial charge in [0.15, 0.2) is 0 Å². The molecule has 2 aromatic heterocycles. The Morgan fingerprint density at radius 2 is 2.00 bits per heavy atom. The van der Waals surface area contributed by atoms with Gasteiger partial charge in [0.1, 0.15) is 5.69 Å². The number of nitrogens with one attached hydrogen (secondary N) is 1. The number of carbonyl (C=O) groups excluding carboxylic acids is 1. The van der Waals surface area contributed by atoms with Gasteiger partial charge in [0.2, 0.25) is 0 Å². The first kappa shape index (κ1) is 17.8. The second kappa shape index (κ2) is 7.81. The molecule has 1 atom stereocenters. The fourth-order valence-corrected chi connectivity index (χ4v) is 2.42. The van der Waals surface area contributed by atoms with Crippen LogP contribution >= 0.6 is 0 Å². The number of aromatic amines is 1. The Labute approximate surface area is 141 Å². The number of hydrogen-bond donors (Lipinski definition) is 1. The maximum absolute atomic E-state index is 12.6. The van der Waals surface area contributed by atoms with Crippen LogP contribution in [0.2, 0.25) is 0 Å². The van der Waals surface area contributed by atoms with Gasteiger partial charge in [-0.15, -0.1) is 0 Å². The fraction of sp³-hybridized carbons (Fsp3) is 0.471. The van der Waals surface area contributed by atoms with Gasteiger partial charge in [-0.1, -0.05) is 13.8 Å². The molecule has 0 aliphatic heterocycles. The van der Waals surface area contributed by atoms with E-state index in [2.05, 4.69) is 33.8 Å². The second-order valence-corrected chi connectivity index (χ2v) is 6.36. The molecule has 7 nitrogen and oxygen atoms in total. The normalized spacial score (nSPS) is 12.2. The van der Waals surface area contributed by atoms with Crippen LogP contribution in [0.5, 0.6) is 0 Å². The minimum Gasteiger partial charge on any atom is -0.337 e. The van der Waals surface area contributed by atoms with Crippen molar-refractivity contribution in [3.63, 3.8) is 0 Å². The van der Waals surface area contributed by atoms with E-state index < -0.39 is 5.69 Å². The van der Waals surface area contributed by atoms with Crippen LogP contribution in [0.4, 0.5) is 0 Å². The first-order valence-electron chi connectivity index (χ1n) is 7.99. The first-order chi connectivity index (χ1) is 11.4. The van der Waals surface area contributed by atoms with Crippen molar-refractivity contribution >= 4 is 5.91 Å². The van der Waals surface area contributed by atoms with Crippen molar-refractivity contribution < 1.29 is 4.79 Å². The average molecular weight is 329 g/mol. The molecule has 128 valence electrons. The number of aromatic nitrogens is 4. The van der Waals surface area contributed by atoms with Crippen molar-refractivity contribution in [1.29, 1.82) is 0 Å². The van der Waals surface area contributed by atoms with Crippen LogP contribution in [0.1, 0.15) is 42.6 Å². The van der Waals surface area contributed by atoms with Crippen LogP contribution in [-0.2, 0) is 12.8 Å². The van der Waals surface area contributed by atoms with Gasteiger partial charge in [-0.05, 0) is 25.3 Å². The predicted molar refractivity (Wildman–Crippen MR) is 90.7 cm³/mol. The van der Waals surface area contributed by atoms with Crippen LogP contribution < -0.4 is 5.69 Å². The molecule has 0 aromatic carbocycles. The van der Waals surface area contributed by atoms with Crippen molar-refractivity contribution in [3.05, 3.63) is 52.2 Å². The van der Waals surface area contributed by atoms with Gasteiger partial charge >= 0.3 is 5.69 Å². The highest BCUT2D eigenvalue weighted by Crippen LogP contribution is 2.10. The van der Waals surface area contributed by atoms with E-state index >= 15 is 0 Å². The number of likely N-dealkylation sites (N-methyl/N-ethyl adjacent to an activating group) is 1. The molecule has 24 heavy (non-hydrogen) atoms. The van der Waals surface area contributed by atoms with Gasteiger partial charge < -0.3 is 9.88 Å². The smallest absolute Gasteiger partial charge is 0.337 e. The summed E-state index contributed by atoms with van der Waals surface area (Å²) in [5.74, 6) is 0.0989. The Balaban J connectivity index is 2.15. The molecule has 0 aliphatic rings. The molecule has 2 aromatic rings. The number of rotatable bonds is 6. The second-order valence-electron chi connectivity index (χ2n) is 6.36. The molecule has 2 heterocycles. The van der Waals surface area contributed by atoms with Crippen LogP contribution in [-0.4, -0.2) is 43.8 Å². The molecule has 0 bridgehead atoms. The van der Waals surface area contributed by atoms with Crippen LogP contribution in [0, 0.1) is 5.92 Å². The Morgan fingerprint density at radius 3 is 2.62 bits per heavy atom. The Kier molecular flexibility index (Phi) is 5.78. The highest BCUT2D eigenvalue weighted by molar-refractivity contribution is 5.92. The number of amides is 1. The van der Waals surface area contributed by atoms with Crippen molar-refractivity contribution in [3.8, 4) is 0 Å². The zero-order valence-electron chi connectivity index (χ0n) is 14.5. The van der Waals surface area contributed by atoms with Gasteiger partial charge in [0.25, 0.3) is 5.91 Å². The minimum atomic E-state index is -0.494. The summed E-state index contributed by atoms with van der Waals surface area (Å²) in [6.07, 6.45) is 6.19. The lowest BCUT2D eigenvalue weighted by Gasteiger charge is -2.24. The topological polar surface area (TPSA) is 91.8 Å². The van der Waals surface area contributed by atoms with E-state index in [0.29, 0.717) is 18.8 Å². The van der Waals surface area contributed by atoms with E-state index in [9.17, 15) is 9.59 Å². The SMILES string of the molecule is CC(C)Cc1cc(C(=O)N(C)[C@@H](C)Cc2cnccn2)nc(=O)[nH]1. The van der Waals surface area contributed by atoms with Gasteiger partial charge in [-0.2, -0.15) is 4.98 Å². The highest BCUT2D eigenvalue weighted by atomic mass is 16.2. The van der Waals surface area contributed by atoms with E-state index in [0.717, 1.165) is 11.4 Å². The minimum absolute atomic E-state index is 0.0937. The molecule has 7 heteroatoms. The molecule has 1 N–H and O–H groups in total. The molecule has 0 saturated carbocycles. The number of hydrogen-bond acceptors (Lipinski definition) is 5. The monoisotopic (exact) mass is 329 g/mol. The Hall–Kier alpha value is -2.57. The fourth-order valence-electron chi connectivity index (χ4n) is 2.42. The summed E-state index contributed by atoms with van der Waals surface area (Å²) in [6, 6.07) is 1.57. The number of nitrogens with zero attached hydrogens (tertiary/aromatic N) is 4. The molecule has 0 fully saturated rings. The third-order valence-corrected chi connectivity index (χ3v) is 3.75. The molecule has 0 saturated heterocycles. The van der Waals surface area contributed by atoms with Crippen molar-refractivity contribution in [2.75, 3.05) is 7.05 Å². The Bertz CT molecular complexity index is 742. The molecule has 2 rings (SSSR count). The van der Waals surface area contributed by atoms with E-state index in [1.807, 2.05) is 6.92 Å². The predicted octanol–water partition coefficient (Wildman–Crippen LogP) is 1.46. The highest BCUT2D eigenvalue weighted by Gasteiger charge is 2.20. The van der Waals surface area contributed by atoms with E-state index in [4.69, 9.17) is 0 Å². The first-order valence-corrected chi connectivity index (χ1v) is 7.99. The lowest BCUT2D eigenvalue weighted by Crippen LogP contribution is -2.38.